The molecule has 4 N–H and O–H groups in total. The van der Waals surface area contributed by atoms with Gasteiger partial charge < -0.3 is 16.4 Å². The molecule has 3 amide bonds. The van der Waals surface area contributed by atoms with Crippen LogP contribution in [0.25, 0.3) is 0 Å². The first-order valence-electron chi connectivity index (χ1n) is 4.02. The molecule has 1 aromatic rings. The molecule has 1 aromatic carbocycles. The van der Waals surface area contributed by atoms with Crippen molar-refractivity contribution in [2.24, 2.45) is 5.73 Å². The molecule has 0 saturated carbocycles. The number of rotatable bonds is 2. The van der Waals surface area contributed by atoms with Crippen molar-refractivity contribution in [2.45, 2.75) is 0 Å². The van der Waals surface area contributed by atoms with E-state index in [1.54, 1.807) is 24.3 Å². The molecule has 0 unspecified atom stereocenters. The first-order chi connectivity index (χ1) is 6.63. The Kier molecular flexibility index (Phi) is 3.06. The Hall–Kier alpha value is -2.04. The van der Waals surface area contributed by atoms with Crippen LogP contribution in [-0.4, -0.2) is 19.0 Å². The summed E-state index contributed by atoms with van der Waals surface area (Å²) >= 11 is 0. The number of nitrogens with one attached hydrogen (secondary N) is 2. The number of nitrogens with two attached hydrogens (primary N) is 1. The smallest absolute Gasteiger partial charge is 0.318 e. The molecule has 0 radical (unpaired) electrons. The van der Waals surface area contributed by atoms with Gasteiger partial charge in [0, 0.05) is 18.3 Å². The first-order valence-corrected chi connectivity index (χ1v) is 4.02. The van der Waals surface area contributed by atoms with E-state index in [2.05, 4.69) is 10.6 Å². The summed E-state index contributed by atoms with van der Waals surface area (Å²) in [6.45, 7) is 0. The molecule has 14 heavy (non-hydrogen) atoms. The first kappa shape index (κ1) is 10.0. The van der Waals surface area contributed by atoms with E-state index in [4.69, 9.17) is 5.73 Å². The van der Waals surface area contributed by atoms with Crippen molar-refractivity contribution in [2.75, 3.05) is 12.4 Å². The maximum absolute atomic E-state index is 10.9. The van der Waals surface area contributed by atoms with Crippen LogP contribution in [0.5, 0.6) is 0 Å². The number of carbonyl (C=O) groups excluding carboxylic acids is 2. The van der Waals surface area contributed by atoms with Crippen LogP contribution in [-0.2, 0) is 0 Å². The molecule has 5 nitrogen and oxygen atoms in total. The van der Waals surface area contributed by atoms with Gasteiger partial charge in [0.25, 0.3) is 0 Å². The van der Waals surface area contributed by atoms with E-state index in [0.717, 1.165) is 0 Å². The van der Waals surface area contributed by atoms with Gasteiger partial charge in [-0.2, -0.15) is 0 Å². The van der Waals surface area contributed by atoms with E-state index in [-0.39, 0.29) is 6.03 Å². The summed E-state index contributed by atoms with van der Waals surface area (Å²) in [7, 11) is 1.52. The monoisotopic (exact) mass is 193 g/mol. The number of anilines is 1. The van der Waals surface area contributed by atoms with E-state index in [0.29, 0.717) is 11.3 Å². The fraction of sp³-hybridized carbons (Fsp3) is 0.111. The molecular formula is C9H11N3O2. The number of urea groups is 1. The summed E-state index contributed by atoms with van der Waals surface area (Å²) in [6.07, 6.45) is 0. The van der Waals surface area contributed by atoms with Gasteiger partial charge in [-0.1, -0.05) is 0 Å². The molecule has 0 aliphatic carbocycles. The molecule has 5 heteroatoms. The van der Waals surface area contributed by atoms with Crippen LogP contribution in [0.15, 0.2) is 24.3 Å². The highest BCUT2D eigenvalue weighted by Gasteiger charge is 2.01. The maximum Gasteiger partial charge on any atom is 0.318 e. The standard InChI is InChI=1S/C9H11N3O2/c1-11-9(14)12-7-4-2-6(3-5-7)8(10)13/h2-5H,1H3,(H2,10,13)(H2,11,12,14). The zero-order chi connectivity index (χ0) is 10.6. The second-order valence-electron chi connectivity index (χ2n) is 2.65. The minimum atomic E-state index is -0.489. The van der Waals surface area contributed by atoms with Crippen molar-refractivity contribution < 1.29 is 9.59 Å². The molecule has 0 spiro atoms. The number of hydrogen-bond acceptors (Lipinski definition) is 2. The summed E-state index contributed by atoms with van der Waals surface area (Å²) in [5.41, 5.74) is 6.07. The average molecular weight is 193 g/mol. The van der Waals surface area contributed by atoms with Crippen LogP contribution in [0.4, 0.5) is 10.5 Å². The van der Waals surface area contributed by atoms with Gasteiger partial charge in [-0.05, 0) is 24.3 Å². The average Bonchev–Trinajstić information content (AvgIpc) is 2.18. The third kappa shape index (κ3) is 2.48. The van der Waals surface area contributed by atoms with E-state index >= 15 is 0 Å². The van der Waals surface area contributed by atoms with E-state index in [9.17, 15) is 9.59 Å². The summed E-state index contributed by atoms with van der Waals surface area (Å²) in [5, 5.41) is 4.96. The molecule has 0 aliphatic rings. The largest absolute Gasteiger partial charge is 0.366 e. The van der Waals surface area contributed by atoms with E-state index in [1.807, 2.05) is 0 Å². The van der Waals surface area contributed by atoms with E-state index < -0.39 is 5.91 Å². The Morgan fingerprint density at radius 2 is 1.79 bits per heavy atom. The Morgan fingerprint density at radius 3 is 2.21 bits per heavy atom. The Labute approximate surface area is 81.3 Å². The van der Waals surface area contributed by atoms with Gasteiger partial charge in [-0.3, -0.25) is 4.79 Å². The van der Waals surface area contributed by atoms with Gasteiger partial charge in [0.1, 0.15) is 0 Å². The molecule has 0 atom stereocenters. The van der Waals surface area contributed by atoms with Crippen LogP contribution in [0.2, 0.25) is 0 Å². The highest BCUT2D eigenvalue weighted by Crippen LogP contribution is 2.08. The van der Waals surface area contributed by atoms with Crippen molar-refractivity contribution in [1.82, 2.24) is 5.32 Å². The lowest BCUT2D eigenvalue weighted by molar-refractivity contribution is 0.100. The van der Waals surface area contributed by atoms with Gasteiger partial charge in [-0.15, -0.1) is 0 Å². The van der Waals surface area contributed by atoms with Crippen molar-refractivity contribution in [1.29, 1.82) is 0 Å². The van der Waals surface area contributed by atoms with Crippen LogP contribution in [0, 0.1) is 0 Å². The number of carbonyl (C=O) groups is 2. The third-order valence-electron chi connectivity index (χ3n) is 1.65. The molecule has 0 aromatic heterocycles. The molecular weight excluding hydrogens is 182 g/mol. The predicted octanol–water partition coefficient (Wildman–Crippen LogP) is 0.537. The maximum atomic E-state index is 10.9. The second-order valence-corrected chi connectivity index (χ2v) is 2.65. The SMILES string of the molecule is CNC(=O)Nc1ccc(C(N)=O)cc1. The highest BCUT2D eigenvalue weighted by atomic mass is 16.2. The van der Waals surface area contributed by atoms with Gasteiger partial charge in [-0.25, -0.2) is 4.79 Å². The molecule has 1 rings (SSSR count). The number of primary amides is 1. The van der Waals surface area contributed by atoms with Crippen molar-refractivity contribution in [3.05, 3.63) is 29.8 Å². The predicted molar refractivity (Wildman–Crippen MR) is 53.0 cm³/mol. The van der Waals surface area contributed by atoms with Crippen LogP contribution in [0.1, 0.15) is 10.4 Å². The topological polar surface area (TPSA) is 84.2 Å². The molecule has 0 fully saturated rings. The minimum absolute atomic E-state index is 0.308. The summed E-state index contributed by atoms with van der Waals surface area (Å²) in [4.78, 5) is 21.6. The van der Waals surface area contributed by atoms with Crippen LogP contribution >= 0.6 is 0 Å². The van der Waals surface area contributed by atoms with Gasteiger partial charge in [0.05, 0.1) is 0 Å². The number of amides is 3. The number of hydrogen-bond donors (Lipinski definition) is 3. The fourth-order valence-corrected chi connectivity index (χ4v) is 0.911. The van der Waals surface area contributed by atoms with E-state index in [1.165, 1.54) is 7.05 Å². The third-order valence-corrected chi connectivity index (χ3v) is 1.65. The van der Waals surface area contributed by atoms with Crippen molar-refractivity contribution in [3.8, 4) is 0 Å². The van der Waals surface area contributed by atoms with Crippen LogP contribution in [0.3, 0.4) is 0 Å². The highest BCUT2D eigenvalue weighted by molar-refractivity contribution is 5.94. The zero-order valence-electron chi connectivity index (χ0n) is 7.70. The molecule has 74 valence electrons. The van der Waals surface area contributed by atoms with Crippen molar-refractivity contribution in [3.63, 3.8) is 0 Å². The van der Waals surface area contributed by atoms with Gasteiger partial charge in [0.15, 0.2) is 0 Å². The van der Waals surface area contributed by atoms with Gasteiger partial charge in [0.2, 0.25) is 5.91 Å². The van der Waals surface area contributed by atoms with Crippen molar-refractivity contribution >= 4 is 17.6 Å². The fourth-order valence-electron chi connectivity index (χ4n) is 0.911. The summed E-state index contributed by atoms with van der Waals surface area (Å²) in [6, 6.07) is 6.00. The summed E-state index contributed by atoms with van der Waals surface area (Å²) in [5.74, 6) is -0.489. The van der Waals surface area contributed by atoms with Crippen LogP contribution < -0.4 is 16.4 Å². The quantitative estimate of drug-likeness (QED) is 0.640. The lowest BCUT2D eigenvalue weighted by atomic mass is 10.2. The molecule has 0 saturated heterocycles. The normalized spacial score (nSPS) is 9.21. The summed E-state index contributed by atoms with van der Waals surface area (Å²) < 4.78 is 0. The number of benzene rings is 1. The lowest BCUT2D eigenvalue weighted by Gasteiger charge is -2.03. The second kappa shape index (κ2) is 4.27. The zero-order valence-corrected chi connectivity index (χ0v) is 7.70. The Balaban J connectivity index is 2.73. The van der Waals surface area contributed by atoms with Gasteiger partial charge >= 0.3 is 6.03 Å². The Bertz CT molecular complexity index is 346. The minimum Gasteiger partial charge on any atom is -0.366 e. The Morgan fingerprint density at radius 1 is 1.21 bits per heavy atom. The molecule has 0 bridgehead atoms. The molecule has 0 heterocycles. The lowest BCUT2D eigenvalue weighted by Crippen LogP contribution is -2.24. The molecule has 0 aliphatic heterocycles.